The third-order valence-corrected chi connectivity index (χ3v) is 4.61. The molecule has 0 aromatic heterocycles. The largest absolute Gasteiger partial charge is 0.496 e. The van der Waals surface area contributed by atoms with Gasteiger partial charge in [0.15, 0.2) is 0 Å². The highest BCUT2D eigenvalue weighted by Crippen LogP contribution is 2.44. The molecule has 1 heterocycles. The predicted octanol–water partition coefficient (Wildman–Crippen LogP) is 3.80. The summed E-state index contributed by atoms with van der Waals surface area (Å²) in [6.07, 6.45) is -0.270. The molecule has 0 saturated carbocycles. The van der Waals surface area contributed by atoms with E-state index in [1.807, 2.05) is 32.9 Å². The average molecular weight is 333 g/mol. The number of benzene rings is 1. The van der Waals surface area contributed by atoms with E-state index in [-0.39, 0.29) is 5.41 Å². The summed E-state index contributed by atoms with van der Waals surface area (Å²) in [6, 6.07) is 5.59. The lowest BCUT2D eigenvalue weighted by Gasteiger charge is -2.40. The van der Waals surface area contributed by atoms with Crippen molar-refractivity contribution in [3.63, 3.8) is 0 Å². The molecule has 1 saturated heterocycles. The van der Waals surface area contributed by atoms with E-state index in [4.69, 9.17) is 14.4 Å². The van der Waals surface area contributed by atoms with E-state index in [2.05, 4.69) is 33.0 Å². The summed E-state index contributed by atoms with van der Waals surface area (Å²) in [5.41, 5.74) is 1.30. The van der Waals surface area contributed by atoms with Crippen molar-refractivity contribution < 1.29 is 19.2 Å². The Morgan fingerprint density at radius 2 is 1.88 bits per heavy atom. The standard InChI is InChI=1S/C18H28BNO4/c1-12-8-9-13(14(10-12)20-15(21)22)19-23-17(5,6)18(7,24-19)11-16(2,3)4/h8-10,20H,11H2,1-7H3,(H,21,22). The Bertz CT molecular complexity index is 638. The fraction of sp³-hybridized carbons (Fsp3) is 0.611. The minimum atomic E-state index is -1.10. The third-order valence-electron chi connectivity index (χ3n) is 4.61. The van der Waals surface area contributed by atoms with Crippen molar-refractivity contribution in [3.05, 3.63) is 23.8 Å². The molecule has 2 rings (SSSR count). The number of carboxylic acid groups (broad SMARTS) is 1. The number of hydrogen-bond donors (Lipinski definition) is 2. The Hall–Kier alpha value is -1.53. The van der Waals surface area contributed by atoms with Crippen LogP contribution in [0.4, 0.5) is 10.5 Å². The van der Waals surface area contributed by atoms with Gasteiger partial charge in [0.2, 0.25) is 0 Å². The topological polar surface area (TPSA) is 67.8 Å². The van der Waals surface area contributed by atoms with Crippen LogP contribution in [-0.4, -0.2) is 29.5 Å². The molecule has 5 nitrogen and oxygen atoms in total. The van der Waals surface area contributed by atoms with Crippen LogP contribution in [0.25, 0.3) is 0 Å². The Labute approximate surface area is 144 Å². The Morgan fingerprint density at radius 1 is 1.25 bits per heavy atom. The van der Waals surface area contributed by atoms with Crippen molar-refractivity contribution in [2.45, 2.75) is 66.1 Å². The first kappa shape index (κ1) is 18.8. The number of aryl methyl sites for hydroxylation is 1. The maximum absolute atomic E-state index is 11.1. The van der Waals surface area contributed by atoms with Gasteiger partial charge in [-0.2, -0.15) is 0 Å². The molecule has 0 radical (unpaired) electrons. The SMILES string of the molecule is Cc1ccc(B2OC(C)(C)C(C)(CC(C)(C)C)O2)c(NC(=O)O)c1. The van der Waals surface area contributed by atoms with Crippen LogP contribution in [0, 0.1) is 12.3 Å². The molecule has 1 atom stereocenters. The molecule has 1 aromatic rings. The van der Waals surface area contributed by atoms with Gasteiger partial charge in [-0.3, -0.25) is 5.32 Å². The number of hydrogen-bond acceptors (Lipinski definition) is 3. The molecule has 2 N–H and O–H groups in total. The van der Waals surface area contributed by atoms with Gasteiger partial charge in [-0.1, -0.05) is 32.9 Å². The van der Waals surface area contributed by atoms with E-state index in [1.54, 1.807) is 6.07 Å². The lowest BCUT2D eigenvalue weighted by Crippen LogP contribution is -2.47. The number of amides is 1. The van der Waals surface area contributed by atoms with Gasteiger partial charge in [-0.15, -0.1) is 0 Å². The molecule has 1 fully saturated rings. The van der Waals surface area contributed by atoms with E-state index in [9.17, 15) is 4.79 Å². The summed E-state index contributed by atoms with van der Waals surface area (Å²) in [4.78, 5) is 11.1. The van der Waals surface area contributed by atoms with Gasteiger partial charge >= 0.3 is 13.2 Å². The van der Waals surface area contributed by atoms with Crippen molar-refractivity contribution in [1.29, 1.82) is 0 Å². The first-order valence-electron chi connectivity index (χ1n) is 8.29. The van der Waals surface area contributed by atoms with Crippen LogP contribution in [0.15, 0.2) is 18.2 Å². The second-order valence-electron chi connectivity index (χ2n) is 8.57. The second-order valence-corrected chi connectivity index (χ2v) is 8.57. The van der Waals surface area contributed by atoms with Crippen LogP contribution in [0.2, 0.25) is 0 Å². The number of nitrogens with one attached hydrogen (secondary N) is 1. The highest BCUT2D eigenvalue weighted by atomic mass is 16.7. The molecule has 0 aliphatic carbocycles. The minimum Gasteiger partial charge on any atom is -0.465 e. The molecule has 0 bridgehead atoms. The van der Waals surface area contributed by atoms with Crippen LogP contribution >= 0.6 is 0 Å². The zero-order valence-electron chi connectivity index (χ0n) is 15.7. The first-order valence-corrected chi connectivity index (χ1v) is 8.29. The fourth-order valence-corrected chi connectivity index (χ4v) is 3.29. The summed E-state index contributed by atoms with van der Waals surface area (Å²) < 4.78 is 12.5. The molecule has 6 heteroatoms. The third kappa shape index (κ3) is 3.93. The summed E-state index contributed by atoms with van der Waals surface area (Å²) in [5, 5.41) is 11.5. The van der Waals surface area contributed by atoms with E-state index >= 15 is 0 Å². The van der Waals surface area contributed by atoms with E-state index < -0.39 is 24.4 Å². The molecule has 1 amide bonds. The molecular formula is C18H28BNO4. The van der Waals surface area contributed by atoms with Crippen molar-refractivity contribution in [2.24, 2.45) is 5.41 Å². The molecule has 24 heavy (non-hydrogen) atoms. The Balaban J connectivity index is 2.37. The summed E-state index contributed by atoms with van der Waals surface area (Å²) in [7, 11) is -0.602. The van der Waals surface area contributed by atoms with Gasteiger partial charge in [0, 0.05) is 11.2 Å². The summed E-state index contributed by atoms with van der Waals surface area (Å²) >= 11 is 0. The van der Waals surface area contributed by atoms with E-state index in [1.165, 1.54) is 0 Å². The Kier molecular flexibility index (Phi) is 4.77. The molecule has 1 unspecified atom stereocenters. The fourth-order valence-electron chi connectivity index (χ4n) is 3.29. The van der Waals surface area contributed by atoms with Gasteiger partial charge in [0.1, 0.15) is 0 Å². The van der Waals surface area contributed by atoms with Crippen molar-refractivity contribution >= 4 is 24.4 Å². The van der Waals surface area contributed by atoms with Gasteiger partial charge < -0.3 is 14.4 Å². The maximum atomic E-state index is 11.1. The molecule has 1 aromatic carbocycles. The van der Waals surface area contributed by atoms with Crippen LogP contribution in [0.3, 0.4) is 0 Å². The molecule has 1 aliphatic rings. The summed E-state index contributed by atoms with van der Waals surface area (Å²) in [6.45, 7) is 14.6. The first-order chi connectivity index (χ1) is 10.8. The van der Waals surface area contributed by atoms with Gasteiger partial charge in [0.25, 0.3) is 0 Å². The molecule has 1 aliphatic heterocycles. The molecule has 132 valence electrons. The normalized spacial score (nSPS) is 23.4. The quantitative estimate of drug-likeness (QED) is 0.826. The molecule has 0 spiro atoms. The number of anilines is 1. The van der Waals surface area contributed by atoms with Gasteiger partial charge in [-0.25, -0.2) is 4.79 Å². The minimum absolute atomic E-state index is 0.0830. The van der Waals surface area contributed by atoms with E-state index in [0.29, 0.717) is 11.2 Å². The molecular weight excluding hydrogens is 305 g/mol. The average Bonchev–Trinajstić information content (AvgIpc) is 2.56. The maximum Gasteiger partial charge on any atom is 0.496 e. The lowest BCUT2D eigenvalue weighted by molar-refractivity contribution is -0.0367. The highest BCUT2D eigenvalue weighted by molar-refractivity contribution is 6.64. The van der Waals surface area contributed by atoms with Gasteiger partial charge in [-0.05, 0) is 51.2 Å². The summed E-state index contributed by atoms with van der Waals surface area (Å²) in [5.74, 6) is 0. The van der Waals surface area contributed by atoms with Crippen LogP contribution in [0.5, 0.6) is 0 Å². The van der Waals surface area contributed by atoms with Crippen molar-refractivity contribution in [2.75, 3.05) is 5.32 Å². The highest BCUT2D eigenvalue weighted by Gasteiger charge is 2.56. The second kappa shape index (κ2) is 6.08. The van der Waals surface area contributed by atoms with E-state index in [0.717, 1.165) is 12.0 Å². The van der Waals surface area contributed by atoms with Crippen molar-refractivity contribution in [1.82, 2.24) is 0 Å². The number of rotatable bonds is 3. The van der Waals surface area contributed by atoms with Crippen molar-refractivity contribution in [3.8, 4) is 0 Å². The Morgan fingerprint density at radius 3 is 2.42 bits per heavy atom. The van der Waals surface area contributed by atoms with Crippen LogP contribution in [0.1, 0.15) is 53.5 Å². The smallest absolute Gasteiger partial charge is 0.465 e. The zero-order valence-corrected chi connectivity index (χ0v) is 15.7. The monoisotopic (exact) mass is 333 g/mol. The van der Waals surface area contributed by atoms with Gasteiger partial charge in [0.05, 0.1) is 11.2 Å². The predicted molar refractivity (Wildman–Crippen MR) is 96.9 cm³/mol. The van der Waals surface area contributed by atoms with Crippen LogP contribution < -0.4 is 10.8 Å². The van der Waals surface area contributed by atoms with Crippen LogP contribution in [-0.2, 0) is 9.31 Å². The number of carbonyl (C=O) groups is 1. The lowest BCUT2D eigenvalue weighted by atomic mass is 9.75. The zero-order chi connectivity index (χ0) is 18.3.